The van der Waals surface area contributed by atoms with Crippen LogP contribution in [0, 0.1) is 0 Å². The molecule has 1 amide bonds. The molecule has 2 aromatic carbocycles. The first kappa shape index (κ1) is 24.3. The summed E-state index contributed by atoms with van der Waals surface area (Å²) in [7, 11) is 3.82. The zero-order chi connectivity index (χ0) is 24.0. The topological polar surface area (TPSA) is 79.3 Å². The highest BCUT2D eigenvalue weighted by Crippen LogP contribution is 2.39. The molecule has 0 aliphatic carbocycles. The number of aliphatic hydroxyl groups is 1. The first-order valence-electron chi connectivity index (χ1n) is 11.3. The minimum atomic E-state index is -0.684. The SMILES string of the molecule is CCCOc1ccc([C@H]2/C(=C(\O)c3ccc(OCC)cc3)C(=O)C(=O)N2CCN(C)C)cc1. The Balaban J connectivity index is 2.04. The van der Waals surface area contributed by atoms with Crippen LogP contribution in [0.2, 0.25) is 0 Å². The fourth-order valence-corrected chi connectivity index (χ4v) is 3.76. The molecule has 0 radical (unpaired) electrons. The maximum Gasteiger partial charge on any atom is 0.295 e. The van der Waals surface area contributed by atoms with Crippen LogP contribution >= 0.6 is 0 Å². The molecule has 1 saturated heterocycles. The molecule has 0 spiro atoms. The number of carbonyl (C=O) groups excluding carboxylic acids is 2. The molecule has 0 bridgehead atoms. The molecular formula is C26H32N2O5. The number of amides is 1. The van der Waals surface area contributed by atoms with E-state index in [4.69, 9.17) is 9.47 Å². The van der Waals surface area contributed by atoms with Crippen LogP contribution < -0.4 is 9.47 Å². The Bertz CT molecular complexity index is 996. The van der Waals surface area contributed by atoms with E-state index >= 15 is 0 Å². The molecule has 1 N–H and O–H groups in total. The highest BCUT2D eigenvalue weighted by molar-refractivity contribution is 6.46. The predicted octanol–water partition coefficient (Wildman–Crippen LogP) is 3.86. The van der Waals surface area contributed by atoms with Crippen LogP contribution in [0.15, 0.2) is 54.1 Å². The molecular weight excluding hydrogens is 420 g/mol. The lowest BCUT2D eigenvalue weighted by Gasteiger charge is -2.26. The molecule has 7 nitrogen and oxygen atoms in total. The van der Waals surface area contributed by atoms with E-state index in [0.29, 0.717) is 37.6 Å². The summed E-state index contributed by atoms with van der Waals surface area (Å²) in [6.07, 6.45) is 0.897. The second-order valence-electron chi connectivity index (χ2n) is 8.17. The van der Waals surface area contributed by atoms with E-state index in [1.54, 1.807) is 24.3 Å². The molecule has 0 saturated carbocycles. The lowest BCUT2D eigenvalue weighted by Crippen LogP contribution is -2.35. The number of carbonyl (C=O) groups is 2. The Morgan fingerprint density at radius 3 is 2.15 bits per heavy atom. The fraction of sp³-hybridized carbons (Fsp3) is 0.385. The quantitative estimate of drug-likeness (QED) is 0.335. The zero-order valence-electron chi connectivity index (χ0n) is 19.7. The van der Waals surface area contributed by atoms with Crippen LogP contribution in [0.1, 0.15) is 37.4 Å². The first-order valence-corrected chi connectivity index (χ1v) is 11.3. The minimum Gasteiger partial charge on any atom is -0.507 e. The molecule has 1 atom stereocenters. The number of ether oxygens (including phenoxy) is 2. The summed E-state index contributed by atoms with van der Waals surface area (Å²) in [5.41, 5.74) is 1.28. The summed E-state index contributed by atoms with van der Waals surface area (Å²) >= 11 is 0. The number of rotatable bonds is 10. The van der Waals surface area contributed by atoms with Crippen LogP contribution in [0.25, 0.3) is 5.76 Å². The van der Waals surface area contributed by atoms with E-state index < -0.39 is 17.7 Å². The van der Waals surface area contributed by atoms with Crippen molar-refractivity contribution in [1.82, 2.24) is 9.80 Å². The number of hydrogen-bond acceptors (Lipinski definition) is 6. The number of likely N-dealkylation sites (N-methyl/N-ethyl adjacent to an activating group) is 1. The lowest BCUT2D eigenvalue weighted by molar-refractivity contribution is -0.140. The van der Waals surface area contributed by atoms with Gasteiger partial charge in [0.1, 0.15) is 17.3 Å². The average molecular weight is 453 g/mol. The fourth-order valence-electron chi connectivity index (χ4n) is 3.76. The Labute approximate surface area is 195 Å². The second kappa shape index (κ2) is 11.0. The Kier molecular flexibility index (Phi) is 8.11. The van der Waals surface area contributed by atoms with Gasteiger partial charge in [-0.15, -0.1) is 0 Å². The maximum absolute atomic E-state index is 13.1. The van der Waals surface area contributed by atoms with Crippen molar-refractivity contribution in [3.63, 3.8) is 0 Å². The third-order valence-corrected chi connectivity index (χ3v) is 5.44. The smallest absolute Gasteiger partial charge is 0.295 e. The Morgan fingerprint density at radius 2 is 1.58 bits per heavy atom. The molecule has 33 heavy (non-hydrogen) atoms. The number of ketones is 1. The van der Waals surface area contributed by atoms with Gasteiger partial charge >= 0.3 is 0 Å². The number of nitrogens with zero attached hydrogens (tertiary/aromatic N) is 2. The molecule has 1 aliphatic heterocycles. The third kappa shape index (κ3) is 5.54. The van der Waals surface area contributed by atoms with Crippen LogP contribution in [0.4, 0.5) is 0 Å². The summed E-state index contributed by atoms with van der Waals surface area (Å²) in [5, 5.41) is 11.1. The summed E-state index contributed by atoms with van der Waals surface area (Å²) in [4.78, 5) is 29.5. The third-order valence-electron chi connectivity index (χ3n) is 5.44. The molecule has 1 heterocycles. The van der Waals surface area contributed by atoms with Gasteiger partial charge in [-0.25, -0.2) is 0 Å². The second-order valence-corrected chi connectivity index (χ2v) is 8.17. The van der Waals surface area contributed by atoms with E-state index in [0.717, 1.165) is 17.7 Å². The molecule has 0 unspecified atom stereocenters. The first-order chi connectivity index (χ1) is 15.9. The Morgan fingerprint density at radius 1 is 0.970 bits per heavy atom. The van der Waals surface area contributed by atoms with Gasteiger partial charge in [0, 0.05) is 18.7 Å². The molecule has 1 aliphatic rings. The normalized spacial score (nSPS) is 17.6. The number of Topliss-reactive ketones (excluding diaryl/α,β-unsaturated/α-hetero) is 1. The average Bonchev–Trinajstić information content (AvgIpc) is 3.06. The summed E-state index contributed by atoms with van der Waals surface area (Å²) in [5.74, 6) is -0.103. The van der Waals surface area contributed by atoms with Gasteiger partial charge in [0.05, 0.1) is 24.8 Å². The highest BCUT2D eigenvalue weighted by atomic mass is 16.5. The summed E-state index contributed by atoms with van der Waals surface area (Å²) in [6.45, 7) is 6.01. The number of benzene rings is 2. The minimum absolute atomic E-state index is 0.0881. The van der Waals surface area contributed by atoms with E-state index in [1.165, 1.54) is 4.90 Å². The van der Waals surface area contributed by atoms with Gasteiger partial charge in [-0.2, -0.15) is 0 Å². The van der Waals surface area contributed by atoms with Crippen molar-refractivity contribution in [3.8, 4) is 11.5 Å². The van der Waals surface area contributed by atoms with E-state index in [-0.39, 0.29) is 11.3 Å². The van der Waals surface area contributed by atoms with Crippen molar-refractivity contribution in [2.45, 2.75) is 26.3 Å². The van der Waals surface area contributed by atoms with Gasteiger partial charge in [0.2, 0.25) is 0 Å². The Hall–Kier alpha value is -3.32. The monoisotopic (exact) mass is 452 g/mol. The van der Waals surface area contributed by atoms with E-state index in [9.17, 15) is 14.7 Å². The largest absolute Gasteiger partial charge is 0.507 e. The van der Waals surface area contributed by atoms with Gasteiger partial charge in [-0.1, -0.05) is 19.1 Å². The molecule has 0 aromatic heterocycles. The van der Waals surface area contributed by atoms with Crippen molar-refractivity contribution in [2.75, 3.05) is 40.4 Å². The zero-order valence-corrected chi connectivity index (χ0v) is 19.7. The number of hydrogen-bond donors (Lipinski definition) is 1. The van der Waals surface area contributed by atoms with Gasteiger partial charge < -0.3 is 24.4 Å². The summed E-state index contributed by atoms with van der Waals surface area (Å²) < 4.78 is 11.1. The predicted molar refractivity (Wildman–Crippen MR) is 127 cm³/mol. The standard InChI is InChI=1S/C26H32N2O5/c1-5-17-33-21-11-7-18(8-12-21)23-22(25(30)26(31)28(23)16-15-27(3)4)24(29)19-9-13-20(14-10-19)32-6-2/h7-14,23,29H,5-6,15-17H2,1-4H3/b24-22+/t23-/m0/s1. The highest BCUT2D eigenvalue weighted by Gasteiger charge is 2.45. The van der Waals surface area contributed by atoms with Crippen molar-refractivity contribution in [2.24, 2.45) is 0 Å². The maximum atomic E-state index is 13.1. The number of likely N-dealkylation sites (tertiary alicyclic amines) is 1. The van der Waals surface area contributed by atoms with Crippen LogP contribution in [-0.4, -0.2) is 67.0 Å². The van der Waals surface area contributed by atoms with E-state index in [2.05, 4.69) is 0 Å². The van der Waals surface area contributed by atoms with Crippen LogP contribution in [0.3, 0.4) is 0 Å². The van der Waals surface area contributed by atoms with Crippen molar-refractivity contribution in [1.29, 1.82) is 0 Å². The molecule has 1 fully saturated rings. The molecule has 7 heteroatoms. The van der Waals surface area contributed by atoms with Gasteiger partial charge in [0.25, 0.3) is 11.7 Å². The van der Waals surface area contributed by atoms with Crippen LogP contribution in [0.5, 0.6) is 11.5 Å². The molecule has 176 valence electrons. The summed E-state index contributed by atoms with van der Waals surface area (Å²) in [6, 6.07) is 13.5. The van der Waals surface area contributed by atoms with Gasteiger partial charge in [0.15, 0.2) is 0 Å². The lowest BCUT2D eigenvalue weighted by atomic mass is 9.95. The van der Waals surface area contributed by atoms with Crippen molar-refractivity contribution in [3.05, 3.63) is 65.2 Å². The molecule has 3 rings (SSSR count). The molecule has 2 aromatic rings. The number of aliphatic hydroxyl groups excluding tert-OH is 1. The van der Waals surface area contributed by atoms with Crippen LogP contribution in [-0.2, 0) is 9.59 Å². The van der Waals surface area contributed by atoms with Gasteiger partial charge in [-0.3, -0.25) is 9.59 Å². The van der Waals surface area contributed by atoms with Crippen molar-refractivity contribution < 1.29 is 24.2 Å². The van der Waals surface area contributed by atoms with E-state index in [1.807, 2.05) is 57.1 Å². The van der Waals surface area contributed by atoms with Crippen molar-refractivity contribution >= 4 is 17.4 Å². The van der Waals surface area contributed by atoms with Gasteiger partial charge in [-0.05, 0) is 69.4 Å².